The van der Waals surface area contributed by atoms with Crippen LogP contribution < -0.4 is 0 Å². The lowest BCUT2D eigenvalue weighted by Crippen LogP contribution is -2.40. The van der Waals surface area contributed by atoms with Crippen LogP contribution in [0, 0.1) is 12.7 Å². The van der Waals surface area contributed by atoms with Crippen molar-refractivity contribution in [1.29, 1.82) is 0 Å². The van der Waals surface area contributed by atoms with Crippen LogP contribution in [0.3, 0.4) is 0 Å². The van der Waals surface area contributed by atoms with Gasteiger partial charge < -0.3 is 9.64 Å². The van der Waals surface area contributed by atoms with Gasteiger partial charge in [-0.3, -0.25) is 4.79 Å². The number of amides is 1. The predicted octanol–water partition coefficient (Wildman–Crippen LogP) is 1.79. The minimum Gasteiger partial charge on any atom is -0.378 e. The third-order valence-corrected chi connectivity index (χ3v) is 3.62. The van der Waals surface area contributed by atoms with E-state index in [1.807, 2.05) is 0 Å². The quantitative estimate of drug-likeness (QED) is 0.847. The highest BCUT2D eigenvalue weighted by Gasteiger charge is 2.23. The molecule has 0 bridgehead atoms. The third kappa shape index (κ3) is 2.54. The Morgan fingerprint density at radius 1 is 1.29 bits per heavy atom. The van der Waals surface area contributed by atoms with Gasteiger partial charge in [0.15, 0.2) is 0 Å². The Hall–Kier alpha value is -2.21. The number of hydrogen-bond donors (Lipinski definition) is 0. The molecule has 2 heterocycles. The fourth-order valence-corrected chi connectivity index (χ4v) is 2.42. The third-order valence-electron chi connectivity index (χ3n) is 3.62. The van der Waals surface area contributed by atoms with Crippen molar-refractivity contribution in [1.82, 2.24) is 14.7 Å². The molecular weight excluding hydrogens is 273 g/mol. The Morgan fingerprint density at radius 3 is 2.71 bits per heavy atom. The second kappa shape index (κ2) is 5.65. The van der Waals surface area contributed by atoms with Crippen LogP contribution in [0.2, 0.25) is 0 Å². The number of rotatable bonds is 2. The van der Waals surface area contributed by atoms with Gasteiger partial charge in [0.2, 0.25) is 0 Å². The molecule has 1 aliphatic rings. The summed E-state index contributed by atoms with van der Waals surface area (Å²) in [6.07, 6.45) is 1.50. The summed E-state index contributed by atoms with van der Waals surface area (Å²) >= 11 is 0. The Morgan fingerprint density at radius 2 is 2.00 bits per heavy atom. The normalized spacial score (nSPS) is 15.2. The first-order chi connectivity index (χ1) is 10.2. The van der Waals surface area contributed by atoms with E-state index in [9.17, 15) is 9.18 Å². The number of aromatic nitrogens is 2. The van der Waals surface area contributed by atoms with Gasteiger partial charge in [0.05, 0.1) is 30.7 Å². The van der Waals surface area contributed by atoms with Gasteiger partial charge in [-0.05, 0) is 19.1 Å². The minimum absolute atomic E-state index is 0.0848. The fourth-order valence-electron chi connectivity index (χ4n) is 2.42. The Balaban J connectivity index is 1.92. The summed E-state index contributed by atoms with van der Waals surface area (Å²) in [7, 11) is 0. The molecule has 3 rings (SSSR count). The molecule has 0 aliphatic carbocycles. The SMILES string of the molecule is Cc1c(C(=O)N2CCOCC2)cnn1-c1ccccc1F. The minimum atomic E-state index is -0.367. The molecule has 1 aromatic heterocycles. The fraction of sp³-hybridized carbons (Fsp3) is 0.333. The number of carbonyl (C=O) groups is 1. The van der Waals surface area contributed by atoms with Crippen LogP contribution >= 0.6 is 0 Å². The van der Waals surface area contributed by atoms with Crippen molar-refractivity contribution in [3.8, 4) is 5.69 Å². The molecule has 0 radical (unpaired) electrons. The number of halogens is 1. The van der Waals surface area contributed by atoms with Gasteiger partial charge in [-0.25, -0.2) is 9.07 Å². The highest BCUT2D eigenvalue weighted by molar-refractivity contribution is 5.95. The van der Waals surface area contributed by atoms with Crippen LogP contribution in [0.5, 0.6) is 0 Å². The summed E-state index contributed by atoms with van der Waals surface area (Å²) in [5.74, 6) is -0.451. The van der Waals surface area contributed by atoms with E-state index in [2.05, 4.69) is 5.10 Å². The molecule has 110 valence electrons. The van der Waals surface area contributed by atoms with E-state index in [4.69, 9.17) is 4.74 Å². The van der Waals surface area contributed by atoms with Gasteiger partial charge in [-0.15, -0.1) is 0 Å². The number of hydrogen-bond acceptors (Lipinski definition) is 3. The molecule has 1 fully saturated rings. The van der Waals surface area contributed by atoms with Crippen LogP contribution in [0.15, 0.2) is 30.5 Å². The Bertz CT molecular complexity index is 663. The molecule has 1 amide bonds. The summed E-state index contributed by atoms with van der Waals surface area (Å²) in [5.41, 5.74) is 1.48. The zero-order valence-electron chi connectivity index (χ0n) is 11.8. The van der Waals surface area contributed by atoms with Crippen molar-refractivity contribution in [3.63, 3.8) is 0 Å². The van der Waals surface area contributed by atoms with Crippen molar-refractivity contribution >= 4 is 5.91 Å². The van der Waals surface area contributed by atoms with Gasteiger partial charge in [-0.1, -0.05) is 12.1 Å². The first-order valence-electron chi connectivity index (χ1n) is 6.85. The van der Waals surface area contributed by atoms with E-state index in [1.54, 1.807) is 30.0 Å². The summed E-state index contributed by atoms with van der Waals surface area (Å²) in [4.78, 5) is 14.2. The van der Waals surface area contributed by atoms with Gasteiger partial charge in [-0.2, -0.15) is 5.10 Å². The van der Waals surface area contributed by atoms with Crippen molar-refractivity contribution in [2.24, 2.45) is 0 Å². The summed E-state index contributed by atoms with van der Waals surface area (Å²) in [5, 5.41) is 4.16. The summed E-state index contributed by atoms with van der Waals surface area (Å²) < 4.78 is 20.6. The number of ether oxygens (including phenoxy) is 1. The average molecular weight is 289 g/mol. The van der Waals surface area contributed by atoms with Gasteiger partial charge in [0.1, 0.15) is 11.5 Å². The monoisotopic (exact) mass is 289 g/mol. The Kier molecular flexibility index (Phi) is 3.70. The largest absolute Gasteiger partial charge is 0.378 e. The molecule has 21 heavy (non-hydrogen) atoms. The van der Waals surface area contributed by atoms with E-state index < -0.39 is 0 Å². The van der Waals surface area contributed by atoms with E-state index >= 15 is 0 Å². The van der Waals surface area contributed by atoms with Crippen LogP contribution in [-0.4, -0.2) is 46.9 Å². The molecule has 1 aromatic carbocycles. The molecule has 2 aromatic rings. The zero-order valence-corrected chi connectivity index (χ0v) is 11.8. The predicted molar refractivity (Wildman–Crippen MR) is 75.0 cm³/mol. The van der Waals surface area contributed by atoms with E-state index in [1.165, 1.54) is 16.9 Å². The number of para-hydroxylation sites is 1. The van der Waals surface area contributed by atoms with Crippen molar-refractivity contribution in [2.45, 2.75) is 6.92 Å². The van der Waals surface area contributed by atoms with Crippen molar-refractivity contribution < 1.29 is 13.9 Å². The molecule has 0 N–H and O–H groups in total. The van der Waals surface area contributed by atoms with Gasteiger partial charge >= 0.3 is 0 Å². The van der Waals surface area contributed by atoms with Crippen molar-refractivity contribution in [2.75, 3.05) is 26.3 Å². The summed E-state index contributed by atoms with van der Waals surface area (Å²) in [6.45, 7) is 4.01. The molecule has 0 saturated carbocycles. The smallest absolute Gasteiger partial charge is 0.257 e. The molecular formula is C15H16FN3O2. The molecule has 0 atom stereocenters. The van der Waals surface area contributed by atoms with Crippen LogP contribution in [0.4, 0.5) is 4.39 Å². The molecule has 6 heteroatoms. The van der Waals surface area contributed by atoms with Crippen LogP contribution in [0.1, 0.15) is 16.1 Å². The highest BCUT2D eigenvalue weighted by atomic mass is 19.1. The summed E-state index contributed by atoms with van der Waals surface area (Å²) in [6, 6.07) is 6.37. The number of nitrogens with zero attached hydrogens (tertiary/aromatic N) is 3. The lowest BCUT2D eigenvalue weighted by atomic mass is 10.2. The van der Waals surface area contributed by atoms with E-state index in [0.29, 0.717) is 43.2 Å². The van der Waals surface area contributed by atoms with E-state index in [0.717, 1.165) is 0 Å². The van der Waals surface area contributed by atoms with Gasteiger partial charge in [0.25, 0.3) is 5.91 Å². The molecule has 0 unspecified atom stereocenters. The topological polar surface area (TPSA) is 47.4 Å². The first kappa shape index (κ1) is 13.8. The lowest BCUT2D eigenvalue weighted by Gasteiger charge is -2.26. The van der Waals surface area contributed by atoms with Crippen molar-refractivity contribution in [3.05, 3.63) is 47.5 Å². The number of morpholine rings is 1. The number of benzene rings is 1. The second-order valence-corrected chi connectivity index (χ2v) is 4.91. The molecule has 5 nitrogen and oxygen atoms in total. The van der Waals surface area contributed by atoms with Crippen LogP contribution in [0.25, 0.3) is 5.69 Å². The average Bonchev–Trinajstić information content (AvgIpc) is 2.89. The lowest BCUT2D eigenvalue weighted by molar-refractivity contribution is 0.0302. The second-order valence-electron chi connectivity index (χ2n) is 4.91. The molecule has 1 aliphatic heterocycles. The molecule has 1 saturated heterocycles. The maximum absolute atomic E-state index is 13.8. The maximum atomic E-state index is 13.8. The van der Waals surface area contributed by atoms with Gasteiger partial charge in [0, 0.05) is 13.1 Å². The molecule has 0 spiro atoms. The number of carbonyl (C=O) groups excluding carboxylic acids is 1. The van der Waals surface area contributed by atoms with Crippen LogP contribution in [-0.2, 0) is 4.74 Å². The maximum Gasteiger partial charge on any atom is 0.257 e. The standard InChI is InChI=1S/C15H16FN3O2/c1-11-12(15(20)18-6-8-21-9-7-18)10-17-19(11)14-5-3-2-4-13(14)16/h2-5,10H,6-9H2,1H3. The first-order valence-corrected chi connectivity index (χ1v) is 6.85. The van der Waals surface area contributed by atoms with E-state index in [-0.39, 0.29) is 11.7 Å². The Labute approximate surface area is 121 Å². The zero-order chi connectivity index (χ0) is 14.8. The highest BCUT2D eigenvalue weighted by Crippen LogP contribution is 2.18.